The van der Waals surface area contributed by atoms with Gasteiger partial charge in [0.15, 0.2) is 0 Å². The van der Waals surface area contributed by atoms with Crippen molar-refractivity contribution in [3.63, 3.8) is 0 Å². The van der Waals surface area contributed by atoms with Gasteiger partial charge >= 0.3 is 6.09 Å². The number of amides is 1. The lowest BCUT2D eigenvalue weighted by atomic mass is 10.0. The van der Waals surface area contributed by atoms with E-state index >= 15 is 0 Å². The van der Waals surface area contributed by atoms with Gasteiger partial charge in [-0.1, -0.05) is 0 Å². The van der Waals surface area contributed by atoms with Crippen molar-refractivity contribution in [1.29, 1.82) is 0 Å². The Morgan fingerprint density at radius 2 is 2.06 bits per heavy atom. The monoisotopic (exact) mass is 244 g/mol. The highest BCUT2D eigenvalue weighted by Crippen LogP contribution is 2.18. The minimum Gasteiger partial charge on any atom is -0.465 e. The van der Waals surface area contributed by atoms with Gasteiger partial charge in [0.25, 0.3) is 0 Å². The Balaban J connectivity index is 2.45. The maximum absolute atomic E-state index is 10.8. The van der Waals surface area contributed by atoms with E-state index in [1.807, 2.05) is 0 Å². The largest absolute Gasteiger partial charge is 0.465 e. The zero-order chi connectivity index (χ0) is 12.8. The summed E-state index contributed by atoms with van der Waals surface area (Å²) in [6.07, 6.45) is 1.05. The molecule has 0 unspecified atom stereocenters. The van der Waals surface area contributed by atoms with Gasteiger partial charge in [-0.2, -0.15) is 0 Å². The molecule has 1 rings (SSSR count). The molecule has 17 heavy (non-hydrogen) atoms. The number of hydrogen-bond acceptors (Lipinski definition) is 3. The second kappa shape index (κ2) is 6.81. The summed E-state index contributed by atoms with van der Waals surface area (Å²) in [6, 6.07) is 0.965. The molecule has 5 nitrogen and oxygen atoms in total. The molecule has 1 aliphatic heterocycles. The molecule has 100 valence electrons. The second-order valence-corrected chi connectivity index (χ2v) is 4.83. The Labute approximate surface area is 103 Å². The van der Waals surface area contributed by atoms with Gasteiger partial charge in [0.2, 0.25) is 0 Å². The van der Waals surface area contributed by atoms with Crippen molar-refractivity contribution in [2.45, 2.75) is 38.8 Å². The van der Waals surface area contributed by atoms with Crippen LogP contribution in [0.25, 0.3) is 0 Å². The fourth-order valence-electron chi connectivity index (χ4n) is 2.45. The molecule has 0 aliphatic carbocycles. The van der Waals surface area contributed by atoms with Crippen LogP contribution in [0.2, 0.25) is 0 Å². The quantitative estimate of drug-likeness (QED) is 0.796. The highest BCUT2D eigenvalue weighted by atomic mass is 16.5. The number of piperidine rings is 1. The molecular weight excluding hydrogens is 220 g/mol. The number of likely N-dealkylation sites (tertiary alicyclic amines) is 1. The number of methoxy groups -OCH3 is 1. The van der Waals surface area contributed by atoms with E-state index in [9.17, 15) is 4.79 Å². The zero-order valence-electron chi connectivity index (χ0n) is 11.1. The molecule has 1 amide bonds. The van der Waals surface area contributed by atoms with E-state index < -0.39 is 6.09 Å². The molecule has 0 aromatic rings. The molecule has 1 heterocycles. The van der Waals surface area contributed by atoms with Gasteiger partial charge in [0.1, 0.15) is 0 Å². The lowest BCUT2D eigenvalue weighted by molar-refractivity contribution is 0.0576. The minimum absolute atomic E-state index is 0.478. The topological polar surface area (TPSA) is 53.0 Å². The van der Waals surface area contributed by atoms with Crippen molar-refractivity contribution in [2.24, 2.45) is 0 Å². The van der Waals surface area contributed by atoms with Gasteiger partial charge in [-0.3, -0.25) is 4.90 Å². The molecule has 1 saturated heterocycles. The second-order valence-electron chi connectivity index (χ2n) is 4.83. The van der Waals surface area contributed by atoms with Crippen LogP contribution in [0.1, 0.15) is 26.7 Å². The number of carboxylic acid groups (broad SMARTS) is 1. The number of ether oxygens (including phenoxy) is 1. The number of carbonyl (C=O) groups is 1. The lowest BCUT2D eigenvalue weighted by Gasteiger charge is -2.39. The third-order valence-corrected chi connectivity index (χ3v) is 3.42. The van der Waals surface area contributed by atoms with Crippen LogP contribution in [0.3, 0.4) is 0 Å². The third-order valence-electron chi connectivity index (χ3n) is 3.42. The molecule has 0 atom stereocenters. The van der Waals surface area contributed by atoms with E-state index in [0.29, 0.717) is 25.2 Å². The number of nitrogens with zero attached hydrogens (tertiary/aromatic N) is 2. The fraction of sp³-hybridized carbons (Fsp3) is 0.917. The van der Waals surface area contributed by atoms with E-state index in [4.69, 9.17) is 9.84 Å². The average Bonchev–Trinajstić information content (AvgIpc) is 2.29. The summed E-state index contributed by atoms with van der Waals surface area (Å²) in [5, 5.41) is 8.91. The lowest BCUT2D eigenvalue weighted by Crippen LogP contribution is -2.49. The summed E-state index contributed by atoms with van der Waals surface area (Å²) in [5.74, 6) is 0. The first-order valence-corrected chi connectivity index (χ1v) is 6.28. The van der Waals surface area contributed by atoms with Gasteiger partial charge in [-0.05, 0) is 26.7 Å². The molecule has 0 radical (unpaired) electrons. The number of rotatable bonds is 5. The van der Waals surface area contributed by atoms with Gasteiger partial charge in [-0.25, -0.2) is 4.79 Å². The zero-order valence-corrected chi connectivity index (χ0v) is 11.1. The van der Waals surface area contributed by atoms with E-state index in [1.54, 1.807) is 7.11 Å². The Morgan fingerprint density at radius 1 is 1.47 bits per heavy atom. The smallest absolute Gasteiger partial charge is 0.407 e. The van der Waals surface area contributed by atoms with Gasteiger partial charge < -0.3 is 14.7 Å². The molecule has 0 bridgehead atoms. The van der Waals surface area contributed by atoms with E-state index in [1.165, 1.54) is 4.90 Å². The van der Waals surface area contributed by atoms with Crippen molar-refractivity contribution in [1.82, 2.24) is 9.80 Å². The predicted octanol–water partition coefficient (Wildman–Crippen LogP) is 1.49. The standard InChI is InChI=1S/C12H24N2O3/c1-10(2)14(8-9-17-3)11-4-6-13(7-5-11)12(15)16/h10-11H,4-9H2,1-3H3,(H,15,16). The van der Waals surface area contributed by atoms with Gasteiger partial charge in [0, 0.05) is 38.8 Å². The third kappa shape index (κ3) is 4.16. The summed E-state index contributed by atoms with van der Waals surface area (Å²) >= 11 is 0. The van der Waals surface area contributed by atoms with E-state index in [2.05, 4.69) is 18.7 Å². The maximum atomic E-state index is 10.8. The fourth-order valence-corrected chi connectivity index (χ4v) is 2.45. The summed E-state index contributed by atoms with van der Waals surface area (Å²) in [6.45, 7) is 7.31. The van der Waals surface area contributed by atoms with Gasteiger partial charge in [-0.15, -0.1) is 0 Å². The Bertz CT molecular complexity index is 238. The molecule has 5 heteroatoms. The Morgan fingerprint density at radius 3 is 2.47 bits per heavy atom. The highest BCUT2D eigenvalue weighted by molar-refractivity contribution is 5.65. The first-order chi connectivity index (χ1) is 8.06. The Hall–Kier alpha value is -0.810. The summed E-state index contributed by atoms with van der Waals surface area (Å²) in [4.78, 5) is 14.8. The molecule has 1 N–H and O–H groups in total. The van der Waals surface area contributed by atoms with Gasteiger partial charge in [0.05, 0.1) is 6.61 Å². The van der Waals surface area contributed by atoms with E-state index in [0.717, 1.165) is 26.0 Å². The number of hydrogen-bond donors (Lipinski definition) is 1. The van der Waals surface area contributed by atoms with Crippen LogP contribution < -0.4 is 0 Å². The summed E-state index contributed by atoms with van der Waals surface area (Å²) in [5.41, 5.74) is 0. The van der Waals surface area contributed by atoms with Crippen molar-refractivity contribution in [2.75, 3.05) is 33.4 Å². The maximum Gasteiger partial charge on any atom is 0.407 e. The van der Waals surface area contributed by atoms with Crippen molar-refractivity contribution in [3.8, 4) is 0 Å². The minimum atomic E-state index is -0.795. The molecule has 0 spiro atoms. The first-order valence-electron chi connectivity index (χ1n) is 6.28. The first kappa shape index (κ1) is 14.3. The van der Waals surface area contributed by atoms with E-state index in [-0.39, 0.29) is 0 Å². The van der Waals surface area contributed by atoms with Crippen LogP contribution in [0.4, 0.5) is 4.79 Å². The summed E-state index contributed by atoms with van der Waals surface area (Å²) < 4.78 is 5.13. The average molecular weight is 244 g/mol. The molecular formula is C12H24N2O3. The SMILES string of the molecule is COCCN(C(C)C)C1CCN(C(=O)O)CC1. The van der Waals surface area contributed by atoms with Crippen LogP contribution in [-0.2, 0) is 4.74 Å². The predicted molar refractivity (Wildman–Crippen MR) is 66.3 cm³/mol. The van der Waals surface area contributed by atoms with Crippen LogP contribution >= 0.6 is 0 Å². The van der Waals surface area contributed by atoms with Crippen molar-refractivity contribution < 1.29 is 14.6 Å². The molecule has 0 saturated carbocycles. The molecule has 0 aromatic heterocycles. The van der Waals surface area contributed by atoms with Crippen molar-refractivity contribution >= 4 is 6.09 Å². The highest BCUT2D eigenvalue weighted by Gasteiger charge is 2.27. The van der Waals surface area contributed by atoms with Crippen LogP contribution in [0, 0.1) is 0 Å². The Kier molecular flexibility index (Phi) is 5.71. The molecule has 1 aliphatic rings. The normalized spacial score (nSPS) is 18.1. The molecule has 0 aromatic carbocycles. The molecule has 1 fully saturated rings. The van der Waals surface area contributed by atoms with Crippen LogP contribution in [-0.4, -0.2) is 66.4 Å². The summed E-state index contributed by atoms with van der Waals surface area (Å²) in [7, 11) is 1.71. The van der Waals surface area contributed by atoms with Crippen LogP contribution in [0.15, 0.2) is 0 Å². The van der Waals surface area contributed by atoms with Crippen LogP contribution in [0.5, 0.6) is 0 Å². The van der Waals surface area contributed by atoms with Crippen molar-refractivity contribution in [3.05, 3.63) is 0 Å².